The van der Waals surface area contributed by atoms with Crippen molar-refractivity contribution in [2.24, 2.45) is 23.7 Å². The van der Waals surface area contributed by atoms with E-state index < -0.39 is 0 Å². The minimum absolute atomic E-state index is 0.120. The Hall–Kier alpha value is -3.25. The van der Waals surface area contributed by atoms with Crippen LogP contribution in [-0.2, 0) is 14.4 Å². The van der Waals surface area contributed by atoms with Crippen LogP contribution in [0.25, 0.3) is 0 Å². The zero-order chi connectivity index (χ0) is 23.2. The largest absolute Gasteiger partial charge is 0.339 e. The van der Waals surface area contributed by atoms with E-state index in [4.69, 9.17) is 0 Å². The van der Waals surface area contributed by atoms with Crippen LogP contribution < -0.4 is 0 Å². The van der Waals surface area contributed by atoms with Crippen molar-refractivity contribution in [2.45, 2.75) is 12.5 Å². The van der Waals surface area contributed by atoms with Gasteiger partial charge in [-0.2, -0.15) is 0 Å². The van der Waals surface area contributed by atoms with E-state index >= 15 is 0 Å². The Morgan fingerprint density at radius 3 is 1.76 bits per heavy atom. The van der Waals surface area contributed by atoms with Gasteiger partial charge in [0.05, 0.1) is 17.9 Å². The lowest BCUT2D eigenvalue weighted by molar-refractivity contribution is -0.147. The summed E-state index contributed by atoms with van der Waals surface area (Å²) in [6.45, 7) is 2.53. The average Bonchev–Trinajstić information content (AvgIpc) is 3.56. The van der Waals surface area contributed by atoms with Crippen molar-refractivity contribution >= 4 is 17.7 Å². The maximum absolute atomic E-state index is 13.1. The molecule has 0 aromatic heterocycles. The molecule has 0 radical (unpaired) electrons. The lowest BCUT2D eigenvalue weighted by atomic mass is 9.85. The molecule has 4 aliphatic rings. The van der Waals surface area contributed by atoms with Crippen molar-refractivity contribution in [3.63, 3.8) is 0 Å². The van der Waals surface area contributed by atoms with Crippen LogP contribution in [0.2, 0.25) is 0 Å². The number of allylic oxidation sites excluding steroid dienone is 2. The van der Waals surface area contributed by atoms with E-state index in [-0.39, 0.29) is 54.0 Å². The van der Waals surface area contributed by atoms with Crippen LogP contribution in [0.3, 0.4) is 0 Å². The fourth-order valence-electron chi connectivity index (χ4n) is 6.47. The number of hydrogen-bond acceptors (Lipinski definition) is 4. The van der Waals surface area contributed by atoms with E-state index in [0.29, 0.717) is 13.1 Å². The Kier molecular flexibility index (Phi) is 5.33. The van der Waals surface area contributed by atoms with E-state index in [1.807, 2.05) is 17.0 Å². The molecule has 6 nitrogen and oxygen atoms in total. The van der Waals surface area contributed by atoms with Crippen molar-refractivity contribution < 1.29 is 14.4 Å². The molecule has 174 valence electrons. The van der Waals surface area contributed by atoms with Gasteiger partial charge in [0.15, 0.2) is 0 Å². The van der Waals surface area contributed by atoms with Gasteiger partial charge >= 0.3 is 0 Å². The zero-order valence-corrected chi connectivity index (χ0v) is 19.1. The smallest absolute Gasteiger partial charge is 0.242 e. The highest BCUT2D eigenvalue weighted by Crippen LogP contribution is 2.52. The van der Waals surface area contributed by atoms with Crippen molar-refractivity contribution in [3.05, 3.63) is 83.9 Å². The third-order valence-electron chi connectivity index (χ3n) is 8.12. The lowest BCUT2D eigenvalue weighted by Crippen LogP contribution is -2.52. The molecule has 3 amide bonds. The normalized spacial score (nSPS) is 28.3. The molecule has 2 aromatic rings. The first-order chi connectivity index (χ1) is 16.6. The van der Waals surface area contributed by atoms with E-state index in [9.17, 15) is 14.4 Å². The Morgan fingerprint density at radius 2 is 1.26 bits per heavy atom. The van der Waals surface area contributed by atoms with Gasteiger partial charge in [0, 0.05) is 26.2 Å². The first-order valence-electron chi connectivity index (χ1n) is 12.3. The quantitative estimate of drug-likeness (QED) is 0.514. The molecule has 6 rings (SSSR count). The van der Waals surface area contributed by atoms with Crippen LogP contribution in [0.15, 0.2) is 72.8 Å². The van der Waals surface area contributed by atoms with E-state index in [2.05, 4.69) is 65.6 Å². The zero-order valence-electron chi connectivity index (χ0n) is 19.1. The summed E-state index contributed by atoms with van der Waals surface area (Å²) >= 11 is 0. The SMILES string of the molecule is O=C(CN1C(=O)C2C3C=CC(C3)C2C1=O)N1CCN(C(c2ccccc2)c2ccccc2)CC1. The number of hydrogen-bond donors (Lipinski definition) is 0. The first-order valence-corrected chi connectivity index (χ1v) is 12.3. The molecule has 0 N–H and O–H groups in total. The summed E-state index contributed by atoms with van der Waals surface area (Å²) in [5.41, 5.74) is 2.47. The van der Waals surface area contributed by atoms with E-state index in [0.717, 1.165) is 19.5 Å². The second-order valence-electron chi connectivity index (χ2n) is 9.90. The number of carbonyl (C=O) groups excluding carboxylic acids is 3. The van der Waals surface area contributed by atoms with Crippen LogP contribution in [0.1, 0.15) is 23.6 Å². The molecule has 3 fully saturated rings. The molecule has 6 heteroatoms. The summed E-state index contributed by atoms with van der Waals surface area (Å²) in [6, 6.07) is 21.0. The number of carbonyl (C=O) groups is 3. The number of imide groups is 1. The van der Waals surface area contributed by atoms with Crippen molar-refractivity contribution in [3.8, 4) is 0 Å². The predicted molar refractivity (Wildman–Crippen MR) is 127 cm³/mol. The van der Waals surface area contributed by atoms with Gasteiger partial charge in [-0.3, -0.25) is 24.2 Å². The third kappa shape index (κ3) is 3.48. The molecule has 1 saturated carbocycles. The van der Waals surface area contributed by atoms with Crippen LogP contribution in [0.5, 0.6) is 0 Å². The second-order valence-corrected chi connectivity index (χ2v) is 9.90. The van der Waals surface area contributed by atoms with Crippen LogP contribution in [0, 0.1) is 23.7 Å². The maximum atomic E-state index is 13.1. The molecule has 0 spiro atoms. The summed E-state index contributed by atoms with van der Waals surface area (Å²) in [5, 5.41) is 0. The Balaban J connectivity index is 1.12. The van der Waals surface area contributed by atoms with Gasteiger partial charge in [0.25, 0.3) is 0 Å². The lowest BCUT2D eigenvalue weighted by Gasteiger charge is -2.40. The van der Waals surface area contributed by atoms with Crippen LogP contribution in [-0.4, -0.2) is 65.1 Å². The minimum Gasteiger partial charge on any atom is -0.339 e. The molecular weight excluding hydrogens is 426 g/mol. The number of piperazine rings is 1. The molecule has 2 aliphatic heterocycles. The van der Waals surface area contributed by atoms with E-state index in [1.54, 1.807) is 0 Å². The van der Waals surface area contributed by atoms with Crippen molar-refractivity contribution in [2.75, 3.05) is 32.7 Å². The third-order valence-corrected chi connectivity index (χ3v) is 8.12. The Bertz CT molecular complexity index is 1050. The summed E-state index contributed by atoms with van der Waals surface area (Å²) in [5.74, 6) is -0.572. The van der Waals surface area contributed by atoms with Crippen molar-refractivity contribution in [1.82, 2.24) is 14.7 Å². The topological polar surface area (TPSA) is 60.9 Å². The van der Waals surface area contributed by atoms with Crippen LogP contribution >= 0.6 is 0 Å². The molecule has 2 aromatic carbocycles. The Labute approximate surface area is 199 Å². The molecule has 2 aliphatic carbocycles. The predicted octanol–water partition coefficient (Wildman–Crippen LogP) is 2.73. The monoisotopic (exact) mass is 455 g/mol. The fraction of sp³-hybridized carbons (Fsp3) is 0.393. The maximum Gasteiger partial charge on any atom is 0.242 e. The van der Waals surface area contributed by atoms with E-state index in [1.165, 1.54) is 16.0 Å². The van der Waals surface area contributed by atoms with Gasteiger partial charge in [-0.25, -0.2) is 0 Å². The summed E-state index contributed by atoms with van der Waals surface area (Å²) in [4.78, 5) is 44.5. The molecule has 2 bridgehead atoms. The van der Waals surface area contributed by atoms with Crippen LogP contribution in [0.4, 0.5) is 0 Å². The molecule has 34 heavy (non-hydrogen) atoms. The Morgan fingerprint density at radius 1 is 0.765 bits per heavy atom. The second kappa shape index (κ2) is 8.51. The highest BCUT2D eigenvalue weighted by atomic mass is 16.2. The molecule has 2 saturated heterocycles. The first kappa shape index (κ1) is 21.3. The standard InChI is InChI=1S/C28H29N3O3/c32-23(18-31-27(33)24-21-11-12-22(17-21)25(24)28(31)34)29-13-15-30(16-14-29)26(19-7-3-1-4-8-19)20-9-5-2-6-10-20/h1-12,21-22,24-26H,13-18H2. The number of amides is 3. The van der Waals surface area contributed by atoms with Gasteiger partial charge < -0.3 is 4.90 Å². The fourth-order valence-corrected chi connectivity index (χ4v) is 6.47. The number of likely N-dealkylation sites (tertiary alicyclic amines) is 1. The average molecular weight is 456 g/mol. The number of benzene rings is 2. The molecular formula is C28H29N3O3. The number of fused-ring (bicyclic) bond motifs is 5. The van der Waals surface area contributed by atoms with Gasteiger partial charge in [0.1, 0.15) is 6.54 Å². The van der Waals surface area contributed by atoms with Gasteiger partial charge in [-0.05, 0) is 29.4 Å². The molecule has 4 unspecified atom stereocenters. The number of rotatable bonds is 5. The summed E-state index contributed by atoms with van der Waals surface area (Å²) in [6.07, 6.45) is 5.06. The molecule has 4 atom stereocenters. The minimum atomic E-state index is -0.246. The van der Waals surface area contributed by atoms with Gasteiger partial charge in [-0.1, -0.05) is 72.8 Å². The van der Waals surface area contributed by atoms with Gasteiger partial charge in [0.2, 0.25) is 17.7 Å². The highest BCUT2D eigenvalue weighted by molar-refractivity contribution is 6.08. The summed E-state index contributed by atoms with van der Waals surface area (Å²) < 4.78 is 0. The van der Waals surface area contributed by atoms with Crippen molar-refractivity contribution in [1.29, 1.82) is 0 Å². The van der Waals surface area contributed by atoms with Gasteiger partial charge in [-0.15, -0.1) is 0 Å². The number of nitrogens with zero attached hydrogens (tertiary/aromatic N) is 3. The highest BCUT2D eigenvalue weighted by Gasteiger charge is 2.59. The molecule has 2 heterocycles. The summed E-state index contributed by atoms with van der Waals surface area (Å²) in [7, 11) is 0.